The Hall–Kier alpha value is -0.530. The number of carbonyl (C=O) groups is 1. The molecule has 0 bridgehead atoms. The van der Waals surface area contributed by atoms with E-state index in [2.05, 4.69) is 33.0 Å². The van der Waals surface area contributed by atoms with Gasteiger partial charge >= 0.3 is 0 Å². The monoisotopic (exact) mass is 237 g/mol. The fourth-order valence-electron chi connectivity index (χ4n) is 3.75. The largest absolute Gasteiger partial charge is 0.353 e. The summed E-state index contributed by atoms with van der Waals surface area (Å²) < 4.78 is 0. The van der Waals surface area contributed by atoms with Crippen LogP contribution in [0.5, 0.6) is 0 Å². The summed E-state index contributed by atoms with van der Waals surface area (Å²) in [6, 6.07) is 0.483. The quantitative estimate of drug-likeness (QED) is 0.801. The summed E-state index contributed by atoms with van der Waals surface area (Å²) in [6.45, 7) is 9.22. The van der Waals surface area contributed by atoms with Crippen molar-refractivity contribution in [1.29, 1.82) is 0 Å². The molecule has 2 saturated carbocycles. The van der Waals surface area contributed by atoms with Crippen LogP contribution in [0.2, 0.25) is 0 Å². The molecular weight excluding hydrogens is 210 g/mol. The zero-order valence-electron chi connectivity index (χ0n) is 11.8. The van der Waals surface area contributed by atoms with E-state index >= 15 is 0 Å². The average Bonchev–Trinajstić information content (AvgIpc) is 2.76. The molecule has 0 aromatic rings. The Bertz CT molecular complexity index is 297. The lowest BCUT2D eigenvalue weighted by molar-refractivity contribution is -0.122. The molecule has 4 unspecified atom stereocenters. The van der Waals surface area contributed by atoms with E-state index in [1.54, 1.807) is 0 Å². The molecule has 0 aliphatic heterocycles. The van der Waals surface area contributed by atoms with E-state index in [4.69, 9.17) is 0 Å². The molecule has 2 aliphatic rings. The third-order valence-corrected chi connectivity index (χ3v) is 4.41. The van der Waals surface area contributed by atoms with Gasteiger partial charge in [0.25, 0.3) is 0 Å². The van der Waals surface area contributed by atoms with Gasteiger partial charge < -0.3 is 5.32 Å². The molecular formula is C15H27NO. The topological polar surface area (TPSA) is 29.1 Å². The minimum atomic E-state index is 0.286. The third-order valence-electron chi connectivity index (χ3n) is 4.41. The van der Waals surface area contributed by atoms with Crippen LogP contribution in [0.15, 0.2) is 0 Å². The maximum atomic E-state index is 11.9. The minimum Gasteiger partial charge on any atom is -0.353 e. The number of hydrogen-bond donors (Lipinski definition) is 1. The van der Waals surface area contributed by atoms with Crippen LogP contribution in [-0.2, 0) is 4.79 Å². The molecule has 2 aliphatic carbocycles. The molecule has 4 atom stereocenters. The fourth-order valence-corrected chi connectivity index (χ4v) is 3.75. The van der Waals surface area contributed by atoms with Gasteiger partial charge in [0.05, 0.1) is 0 Å². The Labute approximate surface area is 106 Å². The number of hydrogen-bond acceptors (Lipinski definition) is 1. The Morgan fingerprint density at radius 2 is 1.88 bits per heavy atom. The summed E-state index contributed by atoms with van der Waals surface area (Å²) in [5.74, 6) is 2.37. The van der Waals surface area contributed by atoms with E-state index in [0.29, 0.717) is 23.3 Å². The van der Waals surface area contributed by atoms with Gasteiger partial charge in [0, 0.05) is 12.5 Å². The molecule has 0 spiro atoms. The van der Waals surface area contributed by atoms with Crippen molar-refractivity contribution in [3.05, 3.63) is 0 Å². The van der Waals surface area contributed by atoms with E-state index in [0.717, 1.165) is 12.3 Å². The molecule has 2 nitrogen and oxygen atoms in total. The van der Waals surface area contributed by atoms with Crippen molar-refractivity contribution in [2.24, 2.45) is 23.2 Å². The van der Waals surface area contributed by atoms with Gasteiger partial charge in [-0.1, -0.05) is 27.7 Å². The standard InChI is InChI=1S/C15H27NO/c1-10-5-12(9-15(3,4)8-10)7-14(17)16-13-6-11(13)2/h10-13H,5-9H2,1-4H3,(H,16,17). The fraction of sp³-hybridized carbons (Fsp3) is 0.933. The Morgan fingerprint density at radius 3 is 2.41 bits per heavy atom. The summed E-state index contributed by atoms with van der Waals surface area (Å²) in [7, 11) is 0. The molecule has 2 heteroatoms. The number of rotatable bonds is 3. The van der Waals surface area contributed by atoms with Crippen LogP contribution in [0.3, 0.4) is 0 Å². The smallest absolute Gasteiger partial charge is 0.220 e. The van der Waals surface area contributed by atoms with Crippen molar-refractivity contribution in [2.45, 2.75) is 65.8 Å². The van der Waals surface area contributed by atoms with E-state index in [9.17, 15) is 4.79 Å². The predicted molar refractivity (Wildman–Crippen MR) is 70.6 cm³/mol. The van der Waals surface area contributed by atoms with Gasteiger partial charge in [0.2, 0.25) is 5.91 Å². The second kappa shape index (κ2) is 4.62. The first-order chi connectivity index (χ1) is 7.85. The van der Waals surface area contributed by atoms with E-state index in [-0.39, 0.29) is 5.91 Å². The molecule has 1 N–H and O–H groups in total. The summed E-state index contributed by atoms with van der Waals surface area (Å²) in [5, 5.41) is 3.15. The highest BCUT2D eigenvalue weighted by molar-refractivity contribution is 5.76. The maximum absolute atomic E-state index is 11.9. The Kier molecular flexibility index (Phi) is 3.51. The zero-order valence-corrected chi connectivity index (χ0v) is 11.8. The molecule has 0 saturated heterocycles. The maximum Gasteiger partial charge on any atom is 0.220 e. The highest BCUT2D eigenvalue weighted by Crippen LogP contribution is 2.42. The van der Waals surface area contributed by atoms with Gasteiger partial charge in [-0.3, -0.25) is 4.79 Å². The highest BCUT2D eigenvalue weighted by atomic mass is 16.1. The number of amides is 1. The second-order valence-corrected chi connectivity index (χ2v) is 7.37. The van der Waals surface area contributed by atoms with Crippen LogP contribution in [0, 0.1) is 23.2 Å². The molecule has 0 radical (unpaired) electrons. The SMILES string of the molecule is CC1CC(CC(=O)NC2CC2C)CC(C)(C)C1. The van der Waals surface area contributed by atoms with Crippen molar-refractivity contribution in [2.75, 3.05) is 0 Å². The van der Waals surface area contributed by atoms with Gasteiger partial charge in [0.15, 0.2) is 0 Å². The summed E-state index contributed by atoms with van der Waals surface area (Å²) in [4.78, 5) is 11.9. The Morgan fingerprint density at radius 1 is 1.24 bits per heavy atom. The second-order valence-electron chi connectivity index (χ2n) is 7.37. The molecule has 0 aromatic carbocycles. The van der Waals surface area contributed by atoms with Crippen molar-refractivity contribution in [3.63, 3.8) is 0 Å². The van der Waals surface area contributed by atoms with Crippen molar-refractivity contribution in [3.8, 4) is 0 Å². The van der Waals surface area contributed by atoms with E-state index < -0.39 is 0 Å². The molecule has 0 heterocycles. The Balaban J connectivity index is 1.79. The number of carbonyl (C=O) groups excluding carboxylic acids is 1. The molecule has 2 fully saturated rings. The van der Waals surface area contributed by atoms with Crippen LogP contribution >= 0.6 is 0 Å². The first kappa shape index (κ1) is 12.9. The van der Waals surface area contributed by atoms with Gasteiger partial charge in [-0.2, -0.15) is 0 Å². The van der Waals surface area contributed by atoms with Gasteiger partial charge in [-0.05, 0) is 48.9 Å². The highest BCUT2D eigenvalue weighted by Gasteiger charge is 2.36. The first-order valence-corrected chi connectivity index (χ1v) is 7.15. The number of nitrogens with one attached hydrogen (secondary N) is 1. The van der Waals surface area contributed by atoms with Gasteiger partial charge in [0.1, 0.15) is 0 Å². The van der Waals surface area contributed by atoms with Crippen LogP contribution in [0.4, 0.5) is 0 Å². The lowest BCUT2D eigenvalue weighted by Gasteiger charge is -2.38. The first-order valence-electron chi connectivity index (χ1n) is 7.15. The van der Waals surface area contributed by atoms with Crippen LogP contribution < -0.4 is 5.32 Å². The average molecular weight is 237 g/mol. The lowest BCUT2D eigenvalue weighted by atomic mass is 9.67. The van der Waals surface area contributed by atoms with Gasteiger partial charge in [-0.15, -0.1) is 0 Å². The molecule has 1 amide bonds. The molecule has 2 rings (SSSR count). The third kappa shape index (κ3) is 3.72. The molecule has 17 heavy (non-hydrogen) atoms. The van der Waals surface area contributed by atoms with Crippen molar-refractivity contribution >= 4 is 5.91 Å². The summed E-state index contributed by atoms with van der Waals surface area (Å²) in [5.41, 5.74) is 0.426. The van der Waals surface area contributed by atoms with Crippen molar-refractivity contribution < 1.29 is 4.79 Å². The van der Waals surface area contributed by atoms with Crippen molar-refractivity contribution in [1.82, 2.24) is 5.32 Å². The van der Waals surface area contributed by atoms with Crippen LogP contribution in [0.25, 0.3) is 0 Å². The van der Waals surface area contributed by atoms with E-state index in [1.807, 2.05) is 0 Å². The van der Waals surface area contributed by atoms with Crippen LogP contribution in [-0.4, -0.2) is 11.9 Å². The molecule has 98 valence electrons. The van der Waals surface area contributed by atoms with Crippen LogP contribution in [0.1, 0.15) is 59.8 Å². The minimum absolute atomic E-state index is 0.286. The zero-order chi connectivity index (χ0) is 12.6. The normalized spacial score (nSPS) is 39.8. The van der Waals surface area contributed by atoms with Gasteiger partial charge in [-0.25, -0.2) is 0 Å². The summed E-state index contributed by atoms with van der Waals surface area (Å²) >= 11 is 0. The predicted octanol–water partition coefficient (Wildman–Crippen LogP) is 3.36. The van der Waals surface area contributed by atoms with E-state index in [1.165, 1.54) is 25.7 Å². The summed E-state index contributed by atoms with van der Waals surface area (Å²) in [6.07, 6.45) is 5.68. The molecule has 0 aromatic heterocycles. The lowest BCUT2D eigenvalue weighted by Crippen LogP contribution is -2.33.